The van der Waals surface area contributed by atoms with Gasteiger partial charge in [0.15, 0.2) is 11.6 Å². The summed E-state index contributed by atoms with van der Waals surface area (Å²) < 4.78 is 5.89. The van der Waals surface area contributed by atoms with Gasteiger partial charge in [-0.1, -0.05) is 44.2 Å². The van der Waals surface area contributed by atoms with E-state index in [1.54, 1.807) is 30.5 Å². The molecule has 0 saturated heterocycles. The zero-order chi connectivity index (χ0) is 22.0. The van der Waals surface area contributed by atoms with Crippen molar-refractivity contribution in [2.45, 2.75) is 19.9 Å². The highest BCUT2D eigenvalue weighted by Gasteiger charge is 2.17. The van der Waals surface area contributed by atoms with Crippen molar-refractivity contribution in [3.8, 4) is 22.7 Å². The number of carbonyl (C=O) groups excluding carboxylic acids is 1. The van der Waals surface area contributed by atoms with Crippen LogP contribution in [0.15, 0.2) is 65.2 Å². The lowest BCUT2D eigenvalue weighted by molar-refractivity contribution is 0.0897. The second-order valence-electron chi connectivity index (χ2n) is 7.72. The summed E-state index contributed by atoms with van der Waals surface area (Å²) in [7, 11) is 0. The molecule has 4 N–H and O–H groups in total. The number of hydrogen-bond donors (Lipinski definition) is 3. The molecular weight excluding hydrogens is 392 g/mol. The predicted octanol–water partition coefficient (Wildman–Crippen LogP) is 3.89. The van der Waals surface area contributed by atoms with E-state index >= 15 is 0 Å². The topological polar surface area (TPSA) is 114 Å². The van der Waals surface area contributed by atoms with E-state index in [1.165, 1.54) is 0 Å². The summed E-state index contributed by atoms with van der Waals surface area (Å²) >= 11 is 0. The molecule has 7 heteroatoms. The molecule has 4 aromatic rings. The Kier molecular flexibility index (Phi) is 5.68. The fourth-order valence-corrected chi connectivity index (χ4v) is 3.28. The van der Waals surface area contributed by atoms with Gasteiger partial charge in [-0.15, -0.1) is 0 Å². The average molecular weight is 416 g/mol. The number of aromatic nitrogens is 2. The van der Waals surface area contributed by atoms with Crippen LogP contribution in [0.5, 0.6) is 0 Å². The SMILES string of the molecule is CC(C)C(CO)NC(=O)c1ccc(-c2cnc(N)c(-c3cc4ccccc4o3)n2)cc1. The standard InChI is InChI=1S/C24H24N4O3/c1-14(2)19(13-29)28-24(30)16-9-7-15(8-10-16)18-12-26-23(25)22(27-18)21-11-17-5-3-4-6-20(17)31-21/h3-12,14,19,29H,13H2,1-2H3,(H2,25,26)(H,28,30). The van der Waals surface area contributed by atoms with Crippen molar-refractivity contribution in [3.05, 3.63) is 66.4 Å². The molecule has 0 radical (unpaired) electrons. The molecule has 158 valence electrons. The summed E-state index contributed by atoms with van der Waals surface area (Å²) in [5, 5.41) is 13.2. The first kappa shape index (κ1) is 20.6. The number of carbonyl (C=O) groups is 1. The molecule has 1 atom stereocenters. The van der Waals surface area contributed by atoms with Gasteiger partial charge >= 0.3 is 0 Å². The molecule has 0 spiro atoms. The lowest BCUT2D eigenvalue weighted by atomic mass is 10.0. The summed E-state index contributed by atoms with van der Waals surface area (Å²) in [6.45, 7) is 3.79. The highest BCUT2D eigenvalue weighted by atomic mass is 16.3. The Morgan fingerprint density at radius 3 is 2.58 bits per heavy atom. The van der Waals surface area contributed by atoms with Crippen LogP contribution in [-0.4, -0.2) is 33.6 Å². The van der Waals surface area contributed by atoms with Gasteiger partial charge in [-0.05, 0) is 30.2 Å². The highest BCUT2D eigenvalue weighted by molar-refractivity contribution is 5.95. The number of nitrogens with one attached hydrogen (secondary N) is 1. The molecule has 2 aromatic heterocycles. The first-order chi connectivity index (χ1) is 15.0. The number of para-hydroxylation sites is 1. The number of anilines is 1. The minimum atomic E-state index is -0.290. The summed E-state index contributed by atoms with van der Waals surface area (Å²) in [5.41, 5.74) is 9.20. The lowest BCUT2D eigenvalue weighted by Gasteiger charge is -2.19. The molecule has 0 fully saturated rings. The first-order valence-electron chi connectivity index (χ1n) is 10.1. The number of nitrogens with zero attached hydrogens (tertiary/aromatic N) is 2. The third-order valence-corrected chi connectivity index (χ3v) is 5.22. The van der Waals surface area contributed by atoms with E-state index in [1.807, 2.05) is 44.2 Å². The zero-order valence-electron chi connectivity index (χ0n) is 17.4. The second kappa shape index (κ2) is 8.57. The van der Waals surface area contributed by atoms with Crippen molar-refractivity contribution >= 4 is 22.7 Å². The van der Waals surface area contributed by atoms with Gasteiger partial charge < -0.3 is 20.6 Å². The molecule has 1 unspecified atom stereocenters. The summed E-state index contributed by atoms with van der Waals surface area (Å²) in [4.78, 5) is 21.4. The second-order valence-corrected chi connectivity index (χ2v) is 7.72. The van der Waals surface area contributed by atoms with E-state index in [2.05, 4.69) is 15.3 Å². The number of hydrogen-bond acceptors (Lipinski definition) is 6. The summed E-state index contributed by atoms with van der Waals surface area (Å²) in [6, 6.07) is 16.3. The van der Waals surface area contributed by atoms with Gasteiger partial charge in [0.05, 0.1) is 24.5 Å². The molecule has 31 heavy (non-hydrogen) atoms. The third kappa shape index (κ3) is 4.27. The molecule has 1 amide bonds. The number of aliphatic hydroxyl groups excluding tert-OH is 1. The first-order valence-corrected chi connectivity index (χ1v) is 10.1. The Morgan fingerprint density at radius 1 is 1.16 bits per heavy atom. The van der Waals surface area contributed by atoms with Crippen molar-refractivity contribution in [2.75, 3.05) is 12.3 Å². The molecule has 0 aliphatic carbocycles. The third-order valence-electron chi connectivity index (χ3n) is 5.22. The molecule has 0 saturated carbocycles. The van der Waals surface area contributed by atoms with Crippen molar-refractivity contribution in [1.29, 1.82) is 0 Å². The van der Waals surface area contributed by atoms with Crippen LogP contribution in [0.25, 0.3) is 33.7 Å². The number of furan rings is 1. The van der Waals surface area contributed by atoms with Crippen LogP contribution in [0.2, 0.25) is 0 Å². The molecule has 0 bridgehead atoms. The maximum Gasteiger partial charge on any atom is 0.251 e. The van der Waals surface area contributed by atoms with Gasteiger partial charge in [-0.2, -0.15) is 0 Å². The van der Waals surface area contributed by atoms with E-state index in [0.717, 1.165) is 16.5 Å². The van der Waals surface area contributed by atoms with Crippen LogP contribution >= 0.6 is 0 Å². The Balaban J connectivity index is 1.60. The Labute approximate surface area is 179 Å². The van der Waals surface area contributed by atoms with Gasteiger partial charge in [-0.3, -0.25) is 4.79 Å². The molecular formula is C24H24N4O3. The lowest BCUT2D eigenvalue weighted by Crippen LogP contribution is -2.41. The largest absolute Gasteiger partial charge is 0.454 e. The molecule has 0 aliphatic rings. The Bertz CT molecular complexity index is 1180. The Hall–Kier alpha value is -3.71. The van der Waals surface area contributed by atoms with Crippen LogP contribution in [0.3, 0.4) is 0 Å². The van der Waals surface area contributed by atoms with E-state index in [0.29, 0.717) is 22.7 Å². The smallest absolute Gasteiger partial charge is 0.251 e. The monoisotopic (exact) mass is 416 g/mol. The minimum Gasteiger partial charge on any atom is -0.454 e. The molecule has 2 heterocycles. The molecule has 7 nitrogen and oxygen atoms in total. The van der Waals surface area contributed by atoms with Crippen LogP contribution in [-0.2, 0) is 0 Å². The van der Waals surface area contributed by atoms with E-state index in [-0.39, 0.29) is 30.3 Å². The quantitative estimate of drug-likeness (QED) is 0.439. The fraction of sp³-hybridized carbons (Fsp3) is 0.208. The summed E-state index contributed by atoms with van der Waals surface area (Å²) in [5.74, 6) is 0.732. The summed E-state index contributed by atoms with van der Waals surface area (Å²) in [6.07, 6.45) is 1.59. The van der Waals surface area contributed by atoms with E-state index in [4.69, 9.17) is 10.2 Å². The number of aliphatic hydroxyl groups is 1. The number of nitrogens with two attached hydrogens (primary N) is 1. The van der Waals surface area contributed by atoms with Gasteiger partial charge in [0, 0.05) is 16.5 Å². The fourth-order valence-electron chi connectivity index (χ4n) is 3.28. The maximum atomic E-state index is 12.5. The number of nitrogen functional groups attached to an aromatic ring is 1. The number of benzene rings is 2. The minimum absolute atomic E-state index is 0.104. The maximum absolute atomic E-state index is 12.5. The van der Waals surface area contributed by atoms with Gasteiger partial charge in [0.1, 0.15) is 11.3 Å². The van der Waals surface area contributed by atoms with Gasteiger partial charge in [0.25, 0.3) is 5.91 Å². The van der Waals surface area contributed by atoms with Crippen LogP contribution < -0.4 is 11.1 Å². The van der Waals surface area contributed by atoms with Crippen molar-refractivity contribution in [3.63, 3.8) is 0 Å². The highest BCUT2D eigenvalue weighted by Crippen LogP contribution is 2.31. The van der Waals surface area contributed by atoms with Crippen LogP contribution in [0.1, 0.15) is 24.2 Å². The van der Waals surface area contributed by atoms with Crippen molar-refractivity contribution in [2.24, 2.45) is 5.92 Å². The Morgan fingerprint density at radius 2 is 1.90 bits per heavy atom. The zero-order valence-corrected chi connectivity index (χ0v) is 17.4. The number of amides is 1. The molecule has 4 rings (SSSR count). The van der Waals surface area contributed by atoms with Crippen LogP contribution in [0, 0.1) is 5.92 Å². The average Bonchev–Trinajstić information content (AvgIpc) is 3.21. The van der Waals surface area contributed by atoms with Gasteiger partial charge in [-0.25, -0.2) is 9.97 Å². The normalized spacial score (nSPS) is 12.3. The number of fused-ring (bicyclic) bond motifs is 1. The molecule has 0 aliphatic heterocycles. The van der Waals surface area contributed by atoms with E-state index < -0.39 is 0 Å². The van der Waals surface area contributed by atoms with Crippen molar-refractivity contribution in [1.82, 2.24) is 15.3 Å². The number of rotatable bonds is 6. The van der Waals surface area contributed by atoms with E-state index in [9.17, 15) is 9.90 Å². The predicted molar refractivity (Wildman–Crippen MR) is 120 cm³/mol. The molecule has 2 aromatic carbocycles. The van der Waals surface area contributed by atoms with Crippen molar-refractivity contribution < 1.29 is 14.3 Å². The van der Waals surface area contributed by atoms with Crippen LogP contribution in [0.4, 0.5) is 5.82 Å². The van der Waals surface area contributed by atoms with Gasteiger partial charge in [0.2, 0.25) is 0 Å².